The van der Waals surface area contributed by atoms with Gasteiger partial charge in [0.25, 0.3) is 5.91 Å². The van der Waals surface area contributed by atoms with Gasteiger partial charge < -0.3 is 16.0 Å². The predicted octanol–water partition coefficient (Wildman–Crippen LogP) is 1.32. The summed E-state index contributed by atoms with van der Waals surface area (Å²) >= 11 is 0. The van der Waals surface area contributed by atoms with Crippen molar-refractivity contribution in [2.45, 2.75) is 0 Å². The van der Waals surface area contributed by atoms with E-state index >= 15 is 0 Å². The summed E-state index contributed by atoms with van der Waals surface area (Å²) in [5, 5.41) is 6.80. The number of hydrogen-bond acceptors (Lipinski definition) is 4. The van der Waals surface area contributed by atoms with Crippen molar-refractivity contribution in [2.75, 3.05) is 30.0 Å². The molecule has 0 atom stereocenters. The van der Waals surface area contributed by atoms with Crippen LogP contribution in [0.25, 0.3) is 0 Å². The van der Waals surface area contributed by atoms with E-state index in [1.807, 2.05) is 25.1 Å². The van der Waals surface area contributed by atoms with Gasteiger partial charge in [-0.25, -0.2) is 0 Å². The number of anilines is 3. The summed E-state index contributed by atoms with van der Waals surface area (Å²) in [5.41, 5.74) is 7.88. The first kappa shape index (κ1) is 12.9. The average molecular weight is 259 g/mol. The van der Waals surface area contributed by atoms with Gasteiger partial charge in [-0.3, -0.25) is 9.48 Å². The molecule has 0 unspecified atom stereocenters. The molecule has 0 saturated heterocycles. The molecule has 0 saturated carbocycles. The van der Waals surface area contributed by atoms with Gasteiger partial charge in [0.05, 0.1) is 11.4 Å². The quantitative estimate of drug-likeness (QED) is 0.815. The zero-order chi connectivity index (χ0) is 14.0. The van der Waals surface area contributed by atoms with E-state index in [1.54, 1.807) is 36.1 Å². The smallest absolute Gasteiger partial charge is 0.256 e. The molecule has 1 aromatic heterocycles. The summed E-state index contributed by atoms with van der Waals surface area (Å²) in [6.07, 6.45) is 1.76. The third kappa shape index (κ3) is 2.85. The first-order valence-electron chi connectivity index (χ1n) is 5.85. The van der Waals surface area contributed by atoms with Crippen LogP contribution in [0, 0.1) is 0 Å². The highest BCUT2D eigenvalue weighted by Crippen LogP contribution is 2.22. The number of carbonyl (C=O) groups is 1. The van der Waals surface area contributed by atoms with E-state index < -0.39 is 0 Å². The number of benzene rings is 1. The maximum absolute atomic E-state index is 12.0. The number of aryl methyl sites for hydroxylation is 1. The molecule has 1 aromatic carbocycles. The van der Waals surface area contributed by atoms with Crippen molar-refractivity contribution < 1.29 is 4.79 Å². The largest absolute Gasteiger partial charge is 0.397 e. The number of rotatable bonds is 3. The van der Waals surface area contributed by atoms with Gasteiger partial charge in [0.2, 0.25) is 0 Å². The SMILES string of the molecule is CN(C)c1ccc(C(=O)Nc2ccn(C)n2)cc1N. The summed E-state index contributed by atoms with van der Waals surface area (Å²) in [6.45, 7) is 0. The fourth-order valence-corrected chi connectivity index (χ4v) is 1.77. The predicted molar refractivity (Wildman–Crippen MR) is 76.3 cm³/mol. The second-order valence-corrected chi connectivity index (χ2v) is 4.50. The van der Waals surface area contributed by atoms with Crippen molar-refractivity contribution >= 4 is 23.1 Å². The molecule has 19 heavy (non-hydrogen) atoms. The van der Waals surface area contributed by atoms with Gasteiger partial charge in [0, 0.05) is 39.0 Å². The first-order chi connectivity index (χ1) is 8.97. The Morgan fingerprint density at radius 2 is 2.11 bits per heavy atom. The van der Waals surface area contributed by atoms with Crippen LogP contribution in [0.15, 0.2) is 30.5 Å². The lowest BCUT2D eigenvalue weighted by molar-refractivity contribution is 0.102. The van der Waals surface area contributed by atoms with Gasteiger partial charge in [-0.2, -0.15) is 5.10 Å². The molecule has 0 aliphatic carbocycles. The molecule has 2 aromatic rings. The van der Waals surface area contributed by atoms with Gasteiger partial charge >= 0.3 is 0 Å². The van der Waals surface area contributed by atoms with Crippen LogP contribution in [0.2, 0.25) is 0 Å². The van der Waals surface area contributed by atoms with E-state index in [0.717, 1.165) is 5.69 Å². The standard InChI is InChI=1S/C13H17N5O/c1-17(2)11-5-4-9(8-10(11)14)13(19)15-12-6-7-18(3)16-12/h4-8H,14H2,1-3H3,(H,15,16,19). The number of hydrogen-bond donors (Lipinski definition) is 2. The molecule has 0 aliphatic heterocycles. The van der Waals surface area contributed by atoms with Gasteiger partial charge in [-0.05, 0) is 18.2 Å². The van der Waals surface area contributed by atoms with E-state index in [4.69, 9.17) is 5.73 Å². The lowest BCUT2D eigenvalue weighted by Gasteiger charge is -2.15. The van der Waals surface area contributed by atoms with Gasteiger partial charge in [0.15, 0.2) is 5.82 Å². The highest BCUT2D eigenvalue weighted by atomic mass is 16.1. The number of carbonyl (C=O) groups excluding carboxylic acids is 1. The third-order valence-electron chi connectivity index (χ3n) is 2.73. The van der Waals surface area contributed by atoms with Crippen molar-refractivity contribution in [1.82, 2.24) is 9.78 Å². The van der Waals surface area contributed by atoms with Crippen molar-refractivity contribution in [3.05, 3.63) is 36.0 Å². The molecule has 0 fully saturated rings. The molecule has 0 aliphatic rings. The maximum Gasteiger partial charge on any atom is 0.256 e. The molecular weight excluding hydrogens is 242 g/mol. The Bertz CT molecular complexity index is 603. The van der Waals surface area contributed by atoms with Crippen molar-refractivity contribution in [1.29, 1.82) is 0 Å². The highest BCUT2D eigenvalue weighted by molar-refractivity contribution is 6.04. The first-order valence-corrected chi connectivity index (χ1v) is 5.85. The van der Waals surface area contributed by atoms with Gasteiger partial charge in [0.1, 0.15) is 0 Å². The monoisotopic (exact) mass is 259 g/mol. The Morgan fingerprint density at radius 1 is 1.37 bits per heavy atom. The van der Waals surface area contributed by atoms with Crippen LogP contribution >= 0.6 is 0 Å². The number of nitrogens with zero attached hydrogens (tertiary/aromatic N) is 3. The molecule has 6 nitrogen and oxygen atoms in total. The van der Waals surface area contributed by atoms with Crippen LogP contribution in [-0.2, 0) is 7.05 Å². The minimum absolute atomic E-state index is 0.226. The molecule has 3 N–H and O–H groups in total. The van der Waals surface area contributed by atoms with E-state index in [2.05, 4.69) is 10.4 Å². The van der Waals surface area contributed by atoms with Crippen LogP contribution in [-0.4, -0.2) is 29.8 Å². The summed E-state index contributed by atoms with van der Waals surface area (Å²) in [6, 6.07) is 6.95. The zero-order valence-electron chi connectivity index (χ0n) is 11.2. The van der Waals surface area contributed by atoms with Crippen molar-refractivity contribution in [3.63, 3.8) is 0 Å². The molecular formula is C13H17N5O. The zero-order valence-corrected chi connectivity index (χ0v) is 11.2. The Labute approximate surface area is 111 Å². The number of nitrogen functional groups attached to an aromatic ring is 1. The fraction of sp³-hybridized carbons (Fsp3) is 0.231. The molecule has 0 bridgehead atoms. The highest BCUT2D eigenvalue weighted by Gasteiger charge is 2.10. The van der Waals surface area contributed by atoms with Crippen LogP contribution in [0.5, 0.6) is 0 Å². The molecule has 100 valence electrons. The van der Waals surface area contributed by atoms with E-state index in [9.17, 15) is 4.79 Å². The molecule has 6 heteroatoms. The molecule has 1 amide bonds. The second-order valence-electron chi connectivity index (χ2n) is 4.50. The normalized spacial score (nSPS) is 10.3. The van der Waals surface area contributed by atoms with Crippen LogP contribution in [0.1, 0.15) is 10.4 Å². The van der Waals surface area contributed by atoms with Crippen LogP contribution < -0.4 is 16.0 Å². The van der Waals surface area contributed by atoms with Crippen LogP contribution in [0.4, 0.5) is 17.2 Å². The lowest BCUT2D eigenvalue weighted by Crippen LogP contribution is -2.15. The molecule has 0 spiro atoms. The summed E-state index contributed by atoms with van der Waals surface area (Å²) in [4.78, 5) is 13.9. The number of amides is 1. The number of nitrogens with two attached hydrogens (primary N) is 1. The number of aromatic nitrogens is 2. The van der Waals surface area contributed by atoms with E-state index in [0.29, 0.717) is 17.1 Å². The molecule has 1 heterocycles. The topological polar surface area (TPSA) is 76.2 Å². The Morgan fingerprint density at radius 3 is 2.63 bits per heavy atom. The number of nitrogens with one attached hydrogen (secondary N) is 1. The average Bonchev–Trinajstić information content (AvgIpc) is 2.74. The minimum Gasteiger partial charge on any atom is -0.397 e. The van der Waals surface area contributed by atoms with Crippen molar-refractivity contribution in [2.24, 2.45) is 7.05 Å². The Kier molecular flexibility index (Phi) is 3.41. The Balaban J connectivity index is 2.18. The lowest BCUT2D eigenvalue weighted by atomic mass is 10.1. The van der Waals surface area contributed by atoms with Gasteiger partial charge in [-0.15, -0.1) is 0 Å². The Hall–Kier alpha value is -2.50. The van der Waals surface area contributed by atoms with E-state index in [-0.39, 0.29) is 5.91 Å². The fourth-order valence-electron chi connectivity index (χ4n) is 1.77. The summed E-state index contributed by atoms with van der Waals surface area (Å²) in [5.74, 6) is 0.290. The van der Waals surface area contributed by atoms with Crippen molar-refractivity contribution in [3.8, 4) is 0 Å². The molecule has 2 rings (SSSR count). The van der Waals surface area contributed by atoms with Gasteiger partial charge in [-0.1, -0.05) is 0 Å². The second kappa shape index (κ2) is 5.01. The summed E-state index contributed by atoms with van der Waals surface area (Å²) < 4.78 is 1.62. The van der Waals surface area contributed by atoms with Crippen LogP contribution in [0.3, 0.4) is 0 Å². The van der Waals surface area contributed by atoms with E-state index in [1.165, 1.54) is 0 Å². The third-order valence-corrected chi connectivity index (χ3v) is 2.73. The molecule has 0 radical (unpaired) electrons. The maximum atomic E-state index is 12.0. The summed E-state index contributed by atoms with van der Waals surface area (Å²) in [7, 11) is 5.60. The minimum atomic E-state index is -0.226.